The van der Waals surface area contributed by atoms with Crippen LogP contribution in [0.5, 0.6) is 0 Å². The molecular formula is C18H15ClN4O3S. The van der Waals surface area contributed by atoms with Gasteiger partial charge in [-0.1, -0.05) is 35.9 Å². The molecule has 1 aromatic heterocycles. The van der Waals surface area contributed by atoms with Crippen molar-refractivity contribution in [2.24, 2.45) is 5.10 Å². The van der Waals surface area contributed by atoms with E-state index in [2.05, 4.69) is 10.4 Å². The number of nitrogens with one attached hydrogen (secondary N) is 1. The molecule has 7 nitrogen and oxygen atoms in total. The molecule has 0 radical (unpaired) electrons. The van der Waals surface area contributed by atoms with E-state index in [0.717, 1.165) is 15.3 Å². The highest BCUT2D eigenvalue weighted by atomic mass is 35.5. The first kappa shape index (κ1) is 17.7. The van der Waals surface area contributed by atoms with Crippen LogP contribution in [0.25, 0.3) is 0 Å². The van der Waals surface area contributed by atoms with Gasteiger partial charge in [-0.25, -0.2) is 9.80 Å². The number of nitrogens with zero attached hydrogens (tertiary/aromatic N) is 3. The highest BCUT2D eigenvalue weighted by Crippen LogP contribution is 2.36. The molecule has 0 spiro atoms. The fourth-order valence-electron chi connectivity index (χ4n) is 3.12. The number of halogens is 1. The first-order valence-corrected chi connectivity index (χ1v) is 9.56. The van der Waals surface area contributed by atoms with Crippen molar-refractivity contribution >= 4 is 46.5 Å². The van der Waals surface area contributed by atoms with Crippen molar-refractivity contribution in [1.29, 1.82) is 0 Å². The van der Waals surface area contributed by atoms with Crippen LogP contribution >= 0.6 is 22.9 Å². The van der Waals surface area contributed by atoms with Crippen LogP contribution in [0.1, 0.15) is 22.9 Å². The maximum absolute atomic E-state index is 12.9. The number of carbonyl (C=O) groups excluding carboxylic acids is 3. The standard InChI is InChI=1S/C18H15ClN4O3S/c19-12-5-2-1-4-11(12)13-8-14(15-6-3-7-27-15)23(21-13)17(25)10-22-16(24)9-20-18(22)26/h1-7,14H,8-10H2,(H,20,26). The molecule has 1 N–H and O–H groups in total. The molecule has 1 saturated heterocycles. The molecule has 1 atom stereocenters. The molecule has 9 heteroatoms. The van der Waals surface area contributed by atoms with Crippen LogP contribution in [0.4, 0.5) is 4.79 Å². The van der Waals surface area contributed by atoms with Gasteiger partial charge < -0.3 is 5.32 Å². The number of carbonyl (C=O) groups is 3. The van der Waals surface area contributed by atoms with Gasteiger partial charge in [-0.2, -0.15) is 5.10 Å². The second-order valence-electron chi connectivity index (χ2n) is 6.14. The Kier molecular flexibility index (Phi) is 4.67. The summed E-state index contributed by atoms with van der Waals surface area (Å²) in [6.45, 7) is -0.430. The van der Waals surface area contributed by atoms with E-state index in [4.69, 9.17) is 11.6 Å². The summed E-state index contributed by atoms with van der Waals surface area (Å²) in [4.78, 5) is 38.3. The third-order valence-corrected chi connectivity index (χ3v) is 5.76. The van der Waals surface area contributed by atoms with E-state index in [1.807, 2.05) is 35.7 Å². The molecule has 2 aliphatic heterocycles. The summed E-state index contributed by atoms with van der Waals surface area (Å²) < 4.78 is 0. The quantitative estimate of drug-likeness (QED) is 0.798. The van der Waals surface area contributed by atoms with Crippen molar-refractivity contribution in [2.75, 3.05) is 13.1 Å². The smallest absolute Gasteiger partial charge is 0.325 e. The van der Waals surface area contributed by atoms with E-state index in [-0.39, 0.29) is 19.1 Å². The van der Waals surface area contributed by atoms with Gasteiger partial charge in [0.2, 0.25) is 0 Å². The van der Waals surface area contributed by atoms with Crippen molar-refractivity contribution in [3.63, 3.8) is 0 Å². The topological polar surface area (TPSA) is 82.1 Å². The molecule has 1 aromatic carbocycles. The normalized spacial score (nSPS) is 19.4. The van der Waals surface area contributed by atoms with Gasteiger partial charge in [-0.3, -0.25) is 14.5 Å². The van der Waals surface area contributed by atoms with Gasteiger partial charge in [0.25, 0.3) is 11.8 Å². The Morgan fingerprint density at radius 3 is 2.74 bits per heavy atom. The number of urea groups is 1. The van der Waals surface area contributed by atoms with E-state index < -0.39 is 17.8 Å². The zero-order valence-corrected chi connectivity index (χ0v) is 15.7. The molecule has 3 heterocycles. The Labute approximate surface area is 164 Å². The largest absolute Gasteiger partial charge is 0.329 e. The zero-order chi connectivity index (χ0) is 19.0. The molecule has 4 rings (SSSR count). The highest BCUT2D eigenvalue weighted by Gasteiger charge is 2.37. The number of rotatable bonds is 4. The summed E-state index contributed by atoms with van der Waals surface area (Å²) in [5.74, 6) is -0.837. The van der Waals surface area contributed by atoms with Crippen molar-refractivity contribution < 1.29 is 14.4 Å². The lowest BCUT2D eigenvalue weighted by molar-refractivity contribution is -0.137. The third-order valence-electron chi connectivity index (χ3n) is 4.45. The van der Waals surface area contributed by atoms with Crippen LogP contribution in [-0.2, 0) is 9.59 Å². The Bertz CT molecular complexity index is 928. The van der Waals surface area contributed by atoms with Gasteiger partial charge in [-0.05, 0) is 17.5 Å². The lowest BCUT2D eigenvalue weighted by Crippen LogP contribution is -2.41. The van der Waals surface area contributed by atoms with Gasteiger partial charge in [0.15, 0.2) is 0 Å². The van der Waals surface area contributed by atoms with Crippen molar-refractivity contribution in [1.82, 2.24) is 15.2 Å². The Hall–Kier alpha value is -2.71. The van der Waals surface area contributed by atoms with Gasteiger partial charge in [0.1, 0.15) is 6.54 Å². The van der Waals surface area contributed by atoms with Gasteiger partial charge in [-0.15, -0.1) is 11.3 Å². The summed E-state index contributed by atoms with van der Waals surface area (Å²) in [7, 11) is 0. The maximum Gasteiger partial charge on any atom is 0.325 e. The fraction of sp³-hybridized carbons (Fsp3) is 0.222. The van der Waals surface area contributed by atoms with Crippen LogP contribution in [-0.4, -0.2) is 46.6 Å². The average molecular weight is 403 g/mol. The lowest BCUT2D eigenvalue weighted by atomic mass is 10.0. The third kappa shape index (κ3) is 3.33. The van der Waals surface area contributed by atoms with Crippen LogP contribution in [0, 0.1) is 0 Å². The zero-order valence-electron chi connectivity index (χ0n) is 14.1. The number of imide groups is 1. The second kappa shape index (κ2) is 7.13. The van der Waals surface area contributed by atoms with E-state index in [0.29, 0.717) is 17.2 Å². The molecule has 138 valence electrons. The van der Waals surface area contributed by atoms with E-state index >= 15 is 0 Å². The monoisotopic (exact) mass is 402 g/mol. The fourth-order valence-corrected chi connectivity index (χ4v) is 4.18. The summed E-state index contributed by atoms with van der Waals surface area (Å²) in [6.07, 6.45) is 0.510. The molecule has 1 fully saturated rings. The predicted octanol–water partition coefficient (Wildman–Crippen LogP) is 2.63. The molecule has 2 aliphatic rings. The minimum absolute atomic E-state index is 0.0887. The van der Waals surface area contributed by atoms with E-state index in [1.165, 1.54) is 16.3 Å². The van der Waals surface area contributed by atoms with Crippen molar-refractivity contribution in [3.8, 4) is 0 Å². The second-order valence-corrected chi connectivity index (χ2v) is 7.53. The van der Waals surface area contributed by atoms with E-state index in [9.17, 15) is 14.4 Å². The average Bonchev–Trinajstić information content (AvgIpc) is 3.38. The van der Waals surface area contributed by atoms with Crippen molar-refractivity contribution in [2.45, 2.75) is 12.5 Å². The molecule has 1 unspecified atom stereocenters. The minimum atomic E-state index is -0.560. The number of amides is 4. The first-order chi connectivity index (χ1) is 13.0. The SMILES string of the molecule is O=C1CNC(=O)N1CC(=O)N1N=C(c2ccccc2Cl)CC1c1cccs1. The van der Waals surface area contributed by atoms with Crippen molar-refractivity contribution in [3.05, 3.63) is 57.2 Å². The molecule has 2 aromatic rings. The maximum atomic E-state index is 12.9. The van der Waals surface area contributed by atoms with E-state index in [1.54, 1.807) is 6.07 Å². The molecule has 0 bridgehead atoms. The molecule has 4 amide bonds. The van der Waals surface area contributed by atoms with Crippen LogP contribution in [0.2, 0.25) is 5.02 Å². The number of benzene rings is 1. The van der Waals surface area contributed by atoms with Gasteiger partial charge in [0.05, 0.1) is 18.3 Å². The van der Waals surface area contributed by atoms with Crippen LogP contribution in [0.3, 0.4) is 0 Å². The molecular weight excluding hydrogens is 388 g/mol. The summed E-state index contributed by atoms with van der Waals surface area (Å²) in [5, 5.41) is 10.8. The lowest BCUT2D eigenvalue weighted by Gasteiger charge is -2.22. The molecule has 27 heavy (non-hydrogen) atoms. The highest BCUT2D eigenvalue weighted by molar-refractivity contribution is 7.10. The Balaban J connectivity index is 1.64. The summed E-state index contributed by atoms with van der Waals surface area (Å²) in [5.41, 5.74) is 1.47. The summed E-state index contributed by atoms with van der Waals surface area (Å²) in [6, 6.07) is 10.3. The van der Waals surface area contributed by atoms with Gasteiger partial charge >= 0.3 is 6.03 Å². The number of hydrazone groups is 1. The van der Waals surface area contributed by atoms with Crippen LogP contribution < -0.4 is 5.32 Å². The van der Waals surface area contributed by atoms with Gasteiger partial charge in [0, 0.05) is 21.9 Å². The Morgan fingerprint density at radius 2 is 2.07 bits per heavy atom. The summed E-state index contributed by atoms with van der Waals surface area (Å²) >= 11 is 7.82. The minimum Gasteiger partial charge on any atom is -0.329 e. The number of hydrogen-bond donors (Lipinski definition) is 1. The Morgan fingerprint density at radius 1 is 1.26 bits per heavy atom. The first-order valence-electron chi connectivity index (χ1n) is 8.30. The molecule has 0 aliphatic carbocycles. The number of hydrogen-bond acceptors (Lipinski definition) is 5. The molecule has 0 saturated carbocycles. The number of thiophene rings is 1. The van der Waals surface area contributed by atoms with Crippen LogP contribution in [0.15, 0.2) is 46.9 Å². The predicted molar refractivity (Wildman–Crippen MR) is 102 cm³/mol.